The number of hydrogen-bond acceptors (Lipinski definition) is 4. The Bertz CT molecular complexity index is 371. The van der Waals surface area contributed by atoms with E-state index >= 15 is 0 Å². The van der Waals surface area contributed by atoms with E-state index in [1.54, 1.807) is 19.2 Å². The number of hydrogen-bond donors (Lipinski definition) is 1. The molecule has 0 bridgehead atoms. The first kappa shape index (κ1) is 15.1. The second-order valence-corrected chi connectivity index (χ2v) is 4.92. The molecule has 0 unspecified atom stereocenters. The predicted octanol–water partition coefficient (Wildman–Crippen LogP) is 2.41. The molecule has 18 heavy (non-hydrogen) atoms. The molecular weight excluding hydrogens is 272 g/mol. The molecule has 0 saturated carbocycles. The fraction of sp³-hybridized carbons (Fsp3) is 0.417. The van der Waals surface area contributed by atoms with Crippen LogP contribution in [-0.2, 0) is 4.74 Å². The standard InChI is InChI=1S/C12H17ClN2O2S/c1-16-7-6-15-12(14)18-9-8-17-11-4-2-10(13)3-5-11/h2-5H,6-9H2,1H3,(H2,14,15). The molecular formula is C12H17ClN2O2S. The van der Waals surface area contributed by atoms with Gasteiger partial charge in [0.2, 0.25) is 0 Å². The van der Waals surface area contributed by atoms with Gasteiger partial charge in [-0.05, 0) is 24.3 Å². The second-order valence-electron chi connectivity index (χ2n) is 3.36. The zero-order valence-corrected chi connectivity index (χ0v) is 11.8. The lowest BCUT2D eigenvalue weighted by Gasteiger charge is -2.05. The Morgan fingerprint density at radius 1 is 1.33 bits per heavy atom. The summed E-state index contributed by atoms with van der Waals surface area (Å²) in [5.74, 6) is 1.56. The summed E-state index contributed by atoms with van der Waals surface area (Å²) in [5, 5.41) is 1.26. The maximum absolute atomic E-state index is 5.77. The Morgan fingerprint density at radius 3 is 2.72 bits per heavy atom. The molecule has 0 aliphatic carbocycles. The summed E-state index contributed by atoms with van der Waals surface area (Å²) in [6, 6.07) is 7.27. The first-order valence-electron chi connectivity index (χ1n) is 5.52. The van der Waals surface area contributed by atoms with Crippen LogP contribution in [0.15, 0.2) is 29.3 Å². The Kier molecular flexibility index (Phi) is 7.64. The molecule has 0 saturated heterocycles. The minimum atomic E-state index is 0.562. The van der Waals surface area contributed by atoms with Crippen molar-refractivity contribution < 1.29 is 9.47 Å². The van der Waals surface area contributed by atoms with Crippen molar-refractivity contribution in [2.24, 2.45) is 10.7 Å². The molecule has 0 amide bonds. The van der Waals surface area contributed by atoms with E-state index in [2.05, 4.69) is 4.99 Å². The normalized spacial score (nSPS) is 11.6. The van der Waals surface area contributed by atoms with Gasteiger partial charge in [0, 0.05) is 17.9 Å². The number of thioether (sulfide) groups is 1. The molecule has 0 spiro atoms. The molecule has 2 N–H and O–H groups in total. The third-order valence-corrected chi connectivity index (χ3v) is 3.03. The van der Waals surface area contributed by atoms with E-state index in [0.717, 1.165) is 11.5 Å². The van der Waals surface area contributed by atoms with Crippen LogP contribution in [0.1, 0.15) is 0 Å². The molecule has 0 radical (unpaired) electrons. The van der Waals surface area contributed by atoms with Crippen molar-refractivity contribution in [2.75, 3.05) is 32.6 Å². The lowest BCUT2D eigenvalue weighted by atomic mass is 10.3. The van der Waals surface area contributed by atoms with Crippen LogP contribution in [0.2, 0.25) is 5.02 Å². The Hall–Kier alpha value is -0.910. The van der Waals surface area contributed by atoms with Crippen LogP contribution in [0, 0.1) is 0 Å². The van der Waals surface area contributed by atoms with Crippen LogP contribution in [-0.4, -0.2) is 37.8 Å². The van der Waals surface area contributed by atoms with Crippen molar-refractivity contribution in [1.82, 2.24) is 0 Å². The van der Waals surface area contributed by atoms with Crippen molar-refractivity contribution >= 4 is 28.5 Å². The summed E-state index contributed by atoms with van der Waals surface area (Å²) in [6.07, 6.45) is 0. The van der Waals surface area contributed by atoms with Crippen molar-refractivity contribution in [1.29, 1.82) is 0 Å². The molecule has 0 aliphatic rings. The van der Waals surface area contributed by atoms with Gasteiger partial charge in [-0.25, -0.2) is 0 Å². The summed E-state index contributed by atoms with van der Waals surface area (Å²) in [5.41, 5.74) is 5.70. The van der Waals surface area contributed by atoms with E-state index in [1.807, 2.05) is 12.1 Å². The highest BCUT2D eigenvalue weighted by atomic mass is 35.5. The number of methoxy groups -OCH3 is 1. The van der Waals surface area contributed by atoms with Gasteiger partial charge in [-0.15, -0.1) is 0 Å². The molecule has 1 aromatic carbocycles. The van der Waals surface area contributed by atoms with Crippen LogP contribution >= 0.6 is 23.4 Å². The van der Waals surface area contributed by atoms with Gasteiger partial charge >= 0.3 is 0 Å². The minimum Gasteiger partial charge on any atom is -0.493 e. The number of nitrogens with zero attached hydrogens (tertiary/aromatic N) is 1. The lowest BCUT2D eigenvalue weighted by molar-refractivity contribution is 0.208. The quantitative estimate of drug-likeness (QED) is 0.476. The Balaban J connectivity index is 2.14. The maximum Gasteiger partial charge on any atom is 0.154 e. The number of halogens is 1. The summed E-state index contributed by atoms with van der Waals surface area (Å²) in [7, 11) is 1.64. The monoisotopic (exact) mass is 288 g/mol. The highest BCUT2D eigenvalue weighted by Gasteiger charge is 1.96. The highest BCUT2D eigenvalue weighted by Crippen LogP contribution is 2.15. The molecule has 1 rings (SSSR count). The van der Waals surface area contributed by atoms with Gasteiger partial charge in [0.1, 0.15) is 5.75 Å². The lowest BCUT2D eigenvalue weighted by Crippen LogP contribution is -2.12. The molecule has 6 heteroatoms. The molecule has 0 aromatic heterocycles. The van der Waals surface area contributed by atoms with Gasteiger partial charge in [0.15, 0.2) is 5.17 Å². The largest absolute Gasteiger partial charge is 0.493 e. The number of ether oxygens (including phenoxy) is 2. The molecule has 0 fully saturated rings. The molecule has 0 aliphatic heterocycles. The van der Waals surface area contributed by atoms with Crippen LogP contribution in [0.4, 0.5) is 0 Å². The summed E-state index contributed by atoms with van der Waals surface area (Å²) < 4.78 is 10.4. The van der Waals surface area contributed by atoms with Gasteiger partial charge in [0.05, 0.1) is 19.8 Å². The number of amidine groups is 1. The van der Waals surface area contributed by atoms with Crippen molar-refractivity contribution in [3.8, 4) is 5.75 Å². The van der Waals surface area contributed by atoms with Gasteiger partial charge in [-0.1, -0.05) is 23.4 Å². The van der Waals surface area contributed by atoms with E-state index in [-0.39, 0.29) is 0 Å². The second kappa shape index (κ2) is 9.08. The molecule has 0 heterocycles. The molecule has 4 nitrogen and oxygen atoms in total. The van der Waals surface area contributed by atoms with Crippen LogP contribution in [0.5, 0.6) is 5.75 Å². The molecule has 1 aromatic rings. The van der Waals surface area contributed by atoms with E-state index in [0.29, 0.717) is 29.9 Å². The number of rotatable bonds is 7. The van der Waals surface area contributed by atoms with Crippen molar-refractivity contribution in [2.45, 2.75) is 0 Å². The van der Waals surface area contributed by atoms with Crippen molar-refractivity contribution in [3.05, 3.63) is 29.3 Å². The smallest absolute Gasteiger partial charge is 0.154 e. The predicted molar refractivity (Wildman–Crippen MR) is 77.8 cm³/mol. The highest BCUT2D eigenvalue weighted by molar-refractivity contribution is 8.13. The van der Waals surface area contributed by atoms with Crippen LogP contribution in [0.25, 0.3) is 0 Å². The average molecular weight is 289 g/mol. The maximum atomic E-state index is 5.77. The Morgan fingerprint density at radius 2 is 2.06 bits per heavy atom. The summed E-state index contributed by atoms with van der Waals surface area (Å²) in [4.78, 5) is 4.13. The number of aliphatic imine (C=N–C) groups is 1. The van der Waals surface area contributed by atoms with Crippen LogP contribution in [0.3, 0.4) is 0 Å². The molecule has 100 valence electrons. The van der Waals surface area contributed by atoms with E-state index in [1.165, 1.54) is 11.8 Å². The third kappa shape index (κ3) is 6.74. The van der Waals surface area contributed by atoms with Gasteiger partial charge in [0.25, 0.3) is 0 Å². The zero-order chi connectivity index (χ0) is 13.2. The van der Waals surface area contributed by atoms with Crippen LogP contribution < -0.4 is 10.5 Å². The Labute approximate surface area is 117 Å². The zero-order valence-electron chi connectivity index (χ0n) is 10.3. The number of benzene rings is 1. The van der Waals surface area contributed by atoms with Gasteiger partial charge < -0.3 is 15.2 Å². The van der Waals surface area contributed by atoms with Gasteiger partial charge in [-0.2, -0.15) is 0 Å². The third-order valence-electron chi connectivity index (χ3n) is 1.98. The summed E-state index contributed by atoms with van der Waals surface area (Å²) in [6.45, 7) is 1.75. The summed E-state index contributed by atoms with van der Waals surface area (Å²) >= 11 is 7.24. The number of nitrogens with two attached hydrogens (primary N) is 1. The molecule has 0 atom stereocenters. The first-order valence-corrected chi connectivity index (χ1v) is 6.88. The minimum absolute atomic E-state index is 0.562. The van der Waals surface area contributed by atoms with Crippen molar-refractivity contribution in [3.63, 3.8) is 0 Å². The fourth-order valence-corrected chi connectivity index (χ4v) is 1.81. The van der Waals surface area contributed by atoms with E-state index < -0.39 is 0 Å². The average Bonchev–Trinajstić information content (AvgIpc) is 2.37. The SMILES string of the molecule is COCCN=C(N)SCCOc1ccc(Cl)cc1. The van der Waals surface area contributed by atoms with E-state index in [9.17, 15) is 0 Å². The van der Waals surface area contributed by atoms with Gasteiger partial charge in [-0.3, -0.25) is 4.99 Å². The van der Waals surface area contributed by atoms with E-state index in [4.69, 9.17) is 26.8 Å². The topological polar surface area (TPSA) is 56.8 Å². The first-order chi connectivity index (χ1) is 8.72. The fourth-order valence-electron chi connectivity index (χ4n) is 1.13.